The van der Waals surface area contributed by atoms with E-state index >= 15 is 0 Å². The summed E-state index contributed by atoms with van der Waals surface area (Å²) >= 11 is 6.08. The van der Waals surface area contributed by atoms with E-state index in [1.807, 2.05) is 0 Å². The monoisotopic (exact) mass is 281 g/mol. The summed E-state index contributed by atoms with van der Waals surface area (Å²) < 4.78 is 4.91. The number of hydrogen-bond donors (Lipinski definition) is 1. The second-order valence-electron chi connectivity index (χ2n) is 4.15. The molecule has 19 heavy (non-hydrogen) atoms. The maximum absolute atomic E-state index is 6.08. The van der Waals surface area contributed by atoms with Gasteiger partial charge in [0, 0.05) is 25.5 Å². The fraction of sp³-hybridized carbons (Fsp3) is 0.500. The molecule has 1 N–H and O–H groups in total. The van der Waals surface area contributed by atoms with Gasteiger partial charge in [-0.05, 0) is 6.42 Å². The molecule has 2 aromatic rings. The van der Waals surface area contributed by atoms with Crippen LogP contribution in [-0.2, 0) is 12.8 Å². The van der Waals surface area contributed by atoms with Crippen molar-refractivity contribution in [1.29, 1.82) is 0 Å². The van der Waals surface area contributed by atoms with Crippen LogP contribution in [0.15, 0.2) is 10.9 Å². The van der Waals surface area contributed by atoms with Crippen LogP contribution in [0.1, 0.15) is 30.6 Å². The highest BCUT2D eigenvalue weighted by Crippen LogP contribution is 2.21. The largest absolute Gasteiger partial charge is 0.369 e. The van der Waals surface area contributed by atoms with E-state index in [-0.39, 0.29) is 0 Å². The predicted octanol–water partition coefficient (Wildman–Crippen LogP) is 2.43. The van der Waals surface area contributed by atoms with Gasteiger partial charge in [0.1, 0.15) is 17.3 Å². The SMILES string of the molecule is CCCc1c(Cl)ncnc1NCCc1noc(C)n1. The number of rotatable bonds is 6. The van der Waals surface area contributed by atoms with Crippen molar-refractivity contribution >= 4 is 17.4 Å². The van der Waals surface area contributed by atoms with E-state index in [0.717, 1.165) is 24.2 Å². The topological polar surface area (TPSA) is 76.7 Å². The highest BCUT2D eigenvalue weighted by Gasteiger charge is 2.09. The number of aryl methyl sites for hydroxylation is 1. The molecular formula is C12H16ClN5O. The van der Waals surface area contributed by atoms with E-state index in [1.165, 1.54) is 6.33 Å². The van der Waals surface area contributed by atoms with Gasteiger partial charge in [0.25, 0.3) is 0 Å². The summed E-state index contributed by atoms with van der Waals surface area (Å²) in [4.78, 5) is 12.4. The minimum Gasteiger partial charge on any atom is -0.369 e. The maximum Gasteiger partial charge on any atom is 0.223 e. The molecule has 0 aliphatic heterocycles. The Morgan fingerprint density at radius 3 is 2.84 bits per heavy atom. The van der Waals surface area contributed by atoms with E-state index in [9.17, 15) is 0 Å². The summed E-state index contributed by atoms with van der Waals surface area (Å²) in [6.07, 6.45) is 3.97. The molecular weight excluding hydrogens is 266 g/mol. The van der Waals surface area contributed by atoms with Crippen LogP contribution in [0.25, 0.3) is 0 Å². The second-order valence-corrected chi connectivity index (χ2v) is 4.51. The molecule has 2 heterocycles. The summed E-state index contributed by atoms with van der Waals surface area (Å²) in [5.41, 5.74) is 0.955. The molecule has 0 aliphatic carbocycles. The van der Waals surface area contributed by atoms with Crippen molar-refractivity contribution in [2.45, 2.75) is 33.1 Å². The quantitative estimate of drug-likeness (QED) is 0.820. The molecule has 0 atom stereocenters. The molecule has 0 radical (unpaired) electrons. The van der Waals surface area contributed by atoms with E-state index in [0.29, 0.717) is 29.8 Å². The third kappa shape index (κ3) is 3.64. The Kier molecular flexibility index (Phi) is 4.68. The first-order valence-corrected chi connectivity index (χ1v) is 6.61. The Hall–Kier alpha value is -1.69. The van der Waals surface area contributed by atoms with Gasteiger partial charge in [0.2, 0.25) is 5.89 Å². The Bertz CT molecular complexity index is 543. The number of halogens is 1. The van der Waals surface area contributed by atoms with E-state index in [4.69, 9.17) is 16.1 Å². The lowest BCUT2D eigenvalue weighted by Crippen LogP contribution is -2.10. The molecule has 0 saturated carbocycles. The van der Waals surface area contributed by atoms with Gasteiger partial charge in [-0.15, -0.1) is 0 Å². The molecule has 6 nitrogen and oxygen atoms in total. The molecule has 0 bridgehead atoms. The first-order chi connectivity index (χ1) is 9.20. The molecule has 0 aliphatic rings. The number of aromatic nitrogens is 4. The van der Waals surface area contributed by atoms with Crippen molar-refractivity contribution in [3.63, 3.8) is 0 Å². The molecule has 102 valence electrons. The minimum absolute atomic E-state index is 0.509. The predicted molar refractivity (Wildman–Crippen MR) is 72.3 cm³/mol. The zero-order chi connectivity index (χ0) is 13.7. The van der Waals surface area contributed by atoms with Crippen LogP contribution in [0.4, 0.5) is 5.82 Å². The van der Waals surface area contributed by atoms with Crippen LogP contribution in [0.2, 0.25) is 5.15 Å². The first kappa shape index (κ1) is 13.7. The van der Waals surface area contributed by atoms with E-state index < -0.39 is 0 Å². The number of nitrogens with zero attached hydrogens (tertiary/aromatic N) is 4. The summed E-state index contributed by atoms with van der Waals surface area (Å²) in [6, 6.07) is 0. The molecule has 0 amide bonds. The van der Waals surface area contributed by atoms with Crippen LogP contribution in [0, 0.1) is 6.92 Å². The lowest BCUT2D eigenvalue weighted by molar-refractivity contribution is 0.387. The molecule has 2 aromatic heterocycles. The first-order valence-electron chi connectivity index (χ1n) is 6.23. The van der Waals surface area contributed by atoms with Gasteiger partial charge in [-0.3, -0.25) is 0 Å². The molecule has 0 unspecified atom stereocenters. The Morgan fingerprint density at radius 1 is 1.32 bits per heavy atom. The van der Waals surface area contributed by atoms with Gasteiger partial charge < -0.3 is 9.84 Å². The van der Waals surface area contributed by atoms with Gasteiger partial charge in [-0.1, -0.05) is 30.1 Å². The van der Waals surface area contributed by atoms with Gasteiger partial charge in [-0.2, -0.15) is 4.98 Å². The zero-order valence-electron chi connectivity index (χ0n) is 11.0. The maximum atomic E-state index is 6.08. The molecule has 2 rings (SSSR count). The average Bonchev–Trinajstić information content (AvgIpc) is 2.79. The van der Waals surface area contributed by atoms with Crippen LogP contribution < -0.4 is 5.32 Å². The third-order valence-corrected chi connectivity index (χ3v) is 2.93. The Morgan fingerprint density at radius 2 is 2.16 bits per heavy atom. The van der Waals surface area contributed by atoms with Gasteiger partial charge in [0.15, 0.2) is 5.82 Å². The van der Waals surface area contributed by atoms with E-state index in [2.05, 4.69) is 32.3 Å². The molecule has 7 heteroatoms. The zero-order valence-corrected chi connectivity index (χ0v) is 11.7. The van der Waals surface area contributed by atoms with Crippen molar-refractivity contribution in [2.75, 3.05) is 11.9 Å². The number of hydrogen-bond acceptors (Lipinski definition) is 6. The fourth-order valence-electron chi connectivity index (χ4n) is 1.75. The minimum atomic E-state index is 0.509. The Balaban J connectivity index is 1.97. The Labute approximate surface area is 116 Å². The van der Waals surface area contributed by atoms with Crippen LogP contribution in [0.3, 0.4) is 0 Å². The molecule has 0 aromatic carbocycles. The highest BCUT2D eigenvalue weighted by molar-refractivity contribution is 6.30. The molecule has 0 saturated heterocycles. The smallest absolute Gasteiger partial charge is 0.223 e. The standard InChI is InChI=1S/C12H16ClN5O/c1-3-4-9-11(13)15-7-16-12(9)14-6-5-10-17-8(2)19-18-10/h7H,3-6H2,1-2H3,(H,14,15,16). The van der Waals surface area contributed by atoms with Crippen molar-refractivity contribution in [1.82, 2.24) is 20.1 Å². The van der Waals surface area contributed by atoms with Crippen LogP contribution in [-0.4, -0.2) is 26.7 Å². The summed E-state index contributed by atoms with van der Waals surface area (Å²) in [7, 11) is 0. The normalized spacial score (nSPS) is 10.7. The van der Waals surface area contributed by atoms with Crippen molar-refractivity contribution in [2.24, 2.45) is 0 Å². The van der Waals surface area contributed by atoms with Gasteiger partial charge in [-0.25, -0.2) is 9.97 Å². The average molecular weight is 282 g/mol. The molecule has 0 fully saturated rings. The second kappa shape index (κ2) is 6.47. The summed E-state index contributed by atoms with van der Waals surface area (Å²) in [5.74, 6) is 2.04. The van der Waals surface area contributed by atoms with Crippen molar-refractivity contribution in [3.05, 3.63) is 28.8 Å². The van der Waals surface area contributed by atoms with E-state index in [1.54, 1.807) is 6.92 Å². The fourth-order valence-corrected chi connectivity index (χ4v) is 1.98. The lowest BCUT2D eigenvalue weighted by atomic mass is 10.2. The highest BCUT2D eigenvalue weighted by atomic mass is 35.5. The third-order valence-electron chi connectivity index (χ3n) is 2.60. The van der Waals surface area contributed by atoms with Crippen LogP contribution in [0.5, 0.6) is 0 Å². The summed E-state index contributed by atoms with van der Waals surface area (Å²) in [6.45, 7) is 4.53. The molecule has 0 spiro atoms. The van der Waals surface area contributed by atoms with Gasteiger partial charge in [0.05, 0.1) is 0 Å². The van der Waals surface area contributed by atoms with Crippen molar-refractivity contribution in [3.8, 4) is 0 Å². The number of nitrogens with one attached hydrogen (secondary N) is 1. The number of anilines is 1. The summed E-state index contributed by atoms with van der Waals surface area (Å²) in [5, 5.41) is 7.59. The van der Waals surface area contributed by atoms with Gasteiger partial charge >= 0.3 is 0 Å². The van der Waals surface area contributed by atoms with Crippen LogP contribution >= 0.6 is 11.6 Å². The lowest BCUT2D eigenvalue weighted by Gasteiger charge is -2.10. The van der Waals surface area contributed by atoms with Crippen molar-refractivity contribution < 1.29 is 4.52 Å².